The molecular formula is C12H8N2O3. The van der Waals surface area contributed by atoms with Crippen LogP contribution in [0.15, 0.2) is 41.2 Å². The molecular weight excluding hydrogens is 220 g/mol. The Labute approximate surface area is 95.7 Å². The molecule has 3 rings (SSSR count). The Balaban J connectivity index is 2.28. The van der Waals surface area contributed by atoms with Crippen molar-refractivity contribution in [3.05, 3.63) is 42.2 Å². The van der Waals surface area contributed by atoms with Gasteiger partial charge in [-0.05, 0) is 6.07 Å². The zero-order valence-corrected chi connectivity index (χ0v) is 8.68. The Morgan fingerprint density at radius 1 is 1.35 bits per heavy atom. The van der Waals surface area contributed by atoms with Gasteiger partial charge in [-0.1, -0.05) is 23.4 Å². The van der Waals surface area contributed by atoms with Gasteiger partial charge in [-0.3, -0.25) is 0 Å². The number of carboxylic acid groups (broad SMARTS) is 1. The van der Waals surface area contributed by atoms with Gasteiger partial charge in [0.25, 0.3) is 0 Å². The molecule has 0 saturated heterocycles. The smallest absolute Gasteiger partial charge is 0.341 e. The SMILES string of the molecule is O=C(O)c1cnoc1-c1c[nH]c2ccccc12. The first-order chi connectivity index (χ1) is 8.27. The number of nitrogens with zero attached hydrogens (tertiary/aromatic N) is 1. The van der Waals surface area contributed by atoms with Crippen LogP contribution >= 0.6 is 0 Å². The third-order valence-corrected chi connectivity index (χ3v) is 2.63. The van der Waals surface area contributed by atoms with Crippen LogP contribution in [0.4, 0.5) is 0 Å². The Morgan fingerprint density at radius 3 is 3.00 bits per heavy atom. The number of benzene rings is 1. The lowest BCUT2D eigenvalue weighted by Crippen LogP contribution is -1.95. The van der Waals surface area contributed by atoms with Gasteiger partial charge >= 0.3 is 5.97 Å². The van der Waals surface area contributed by atoms with Crippen LogP contribution in [0.25, 0.3) is 22.2 Å². The Bertz CT molecular complexity index is 696. The Hall–Kier alpha value is -2.56. The summed E-state index contributed by atoms with van der Waals surface area (Å²) in [7, 11) is 0. The van der Waals surface area contributed by atoms with Crippen LogP contribution in [0.2, 0.25) is 0 Å². The number of H-pyrrole nitrogens is 1. The highest BCUT2D eigenvalue weighted by atomic mass is 16.5. The number of fused-ring (bicyclic) bond motifs is 1. The first-order valence-electron chi connectivity index (χ1n) is 5.02. The highest BCUT2D eigenvalue weighted by Crippen LogP contribution is 2.30. The van der Waals surface area contributed by atoms with Crippen LogP contribution in [0.1, 0.15) is 10.4 Å². The summed E-state index contributed by atoms with van der Waals surface area (Å²) < 4.78 is 5.03. The van der Waals surface area contributed by atoms with E-state index in [2.05, 4.69) is 10.1 Å². The summed E-state index contributed by atoms with van der Waals surface area (Å²) in [6.45, 7) is 0. The number of rotatable bonds is 2. The van der Waals surface area contributed by atoms with Gasteiger partial charge in [-0.25, -0.2) is 4.79 Å². The molecule has 0 aliphatic rings. The lowest BCUT2D eigenvalue weighted by atomic mass is 10.1. The molecule has 1 aromatic carbocycles. The molecule has 17 heavy (non-hydrogen) atoms. The molecule has 5 nitrogen and oxygen atoms in total. The van der Waals surface area contributed by atoms with E-state index < -0.39 is 5.97 Å². The topological polar surface area (TPSA) is 79.1 Å². The van der Waals surface area contributed by atoms with Gasteiger partial charge in [0.15, 0.2) is 5.76 Å². The molecule has 0 amide bonds. The fraction of sp³-hybridized carbons (Fsp3) is 0. The second-order valence-electron chi connectivity index (χ2n) is 3.62. The zero-order chi connectivity index (χ0) is 11.8. The molecule has 3 aromatic rings. The maximum atomic E-state index is 11.0. The molecule has 2 heterocycles. The molecule has 0 aliphatic heterocycles. The molecule has 0 saturated carbocycles. The maximum Gasteiger partial charge on any atom is 0.341 e. The fourth-order valence-electron chi connectivity index (χ4n) is 1.85. The van der Waals surface area contributed by atoms with E-state index in [-0.39, 0.29) is 11.3 Å². The predicted octanol–water partition coefficient (Wildman–Crippen LogP) is 2.52. The second kappa shape index (κ2) is 3.48. The molecule has 0 fully saturated rings. The number of para-hydroxylation sites is 1. The number of carboxylic acids is 1. The van der Waals surface area contributed by atoms with Crippen molar-refractivity contribution in [3.8, 4) is 11.3 Å². The van der Waals surface area contributed by atoms with E-state index in [0.717, 1.165) is 10.9 Å². The van der Waals surface area contributed by atoms with Gasteiger partial charge < -0.3 is 14.6 Å². The van der Waals surface area contributed by atoms with E-state index in [0.29, 0.717) is 5.56 Å². The Kier molecular flexibility index (Phi) is 1.98. The summed E-state index contributed by atoms with van der Waals surface area (Å²) in [5.74, 6) is -0.776. The second-order valence-corrected chi connectivity index (χ2v) is 3.62. The summed E-state index contributed by atoms with van der Waals surface area (Å²) in [6.07, 6.45) is 2.93. The summed E-state index contributed by atoms with van der Waals surface area (Å²) in [5.41, 5.74) is 1.69. The summed E-state index contributed by atoms with van der Waals surface area (Å²) in [4.78, 5) is 14.1. The minimum atomic E-state index is -1.05. The quantitative estimate of drug-likeness (QED) is 0.706. The molecule has 0 unspecified atom stereocenters. The van der Waals surface area contributed by atoms with Crippen LogP contribution in [0.5, 0.6) is 0 Å². The van der Waals surface area contributed by atoms with Crippen molar-refractivity contribution in [2.45, 2.75) is 0 Å². The average Bonchev–Trinajstić information content (AvgIpc) is 2.94. The minimum absolute atomic E-state index is 0.0646. The zero-order valence-electron chi connectivity index (χ0n) is 8.68. The molecule has 2 aromatic heterocycles. The molecule has 0 aliphatic carbocycles. The summed E-state index contributed by atoms with van der Waals surface area (Å²) in [6, 6.07) is 7.60. The van der Waals surface area contributed by atoms with E-state index in [4.69, 9.17) is 9.63 Å². The first-order valence-corrected chi connectivity index (χ1v) is 5.02. The highest BCUT2D eigenvalue weighted by Gasteiger charge is 2.19. The molecule has 0 radical (unpaired) electrons. The van der Waals surface area contributed by atoms with Gasteiger partial charge in [-0.15, -0.1) is 0 Å². The van der Waals surface area contributed by atoms with Crippen molar-refractivity contribution in [2.75, 3.05) is 0 Å². The monoisotopic (exact) mass is 228 g/mol. The molecule has 84 valence electrons. The lowest BCUT2D eigenvalue weighted by molar-refractivity contribution is 0.0697. The van der Waals surface area contributed by atoms with Gasteiger partial charge in [-0.2, -0.15) is 0 Å². The van der Waals surface area contributed by atoms with Crippen LogP contribution in [-0.2, 0) is 0 Å². The average molecular weight is 228 g/mol. The van der Waals surface area contributed by atoms with E-state index in [1.165, 1.54) is 6.20 Å². The normalized spacial score (nSPS) is 10.8. The van der Waals surface area contributed by atoms with Crippen molar-refractivity contribution in [1.82, 2.24) is 10.1 Å². The van der Waals surface area contributed by atoms with Gasteiger partial charge in [0.2, 0.25) is 0 Å². The third-order valence-electron chi connectivity index (χ3n) is 2.63. The maximum absolute atomic E-state index is 11.0. The number of hydrogen-bond acceptors (Lipinski definition) is 3. The van der Waals surface area contributed by atoms with Crippen molar-refractivity contribution in [1.29, 1.82) is 0 Å². The number of aromatic carboxylic acids is 1. The number of aromatic amines is 1. The number of nitrogens with one attached hydrogen (secondary N) is 1. The molecule has 0 atom stereocenters. The van der Waals surface area contributed by atoms with Crippen LogP contribution < -0.4 is 0 Å². The fourth-order valence-corrected chi connectivity index (χ4v) is 1.85. The molecule has 2 N–H and O–H groups in total. The highest BCUT2D eigenvalue weighted by molar-refractivity contribution is 6.01. The van der Waals surface area contributed by atoms with E-state index in [1.54, 1.807) is 6.20 Å². The van der Waals surface area contributed by atoms with E-state index in [9.17, 15) is 4.79 Å². The van der Waals surface area contributed by atoms with Crippen molar-refractivity contribution >= 4 is 16.9 Å². The van der Waals surface area contributed by atoms with Crippen LogP contribution in [0.3, 0.4) is 0 Å². The van der Waals surface area contributed by atoms with Crippen LogP contribution in [0, 0.1) is 0 Å². The van der Waals surface area contributed by atoms with Gasteiger partial charge in [0.05, 0.1) is 6.20 Å². The Morgan fingerprint density at radius 2 is 2.18 bits per heavy atom. The first kappa shape index (κ1) is 9.65. The number of carbonyl (C=O) groups is 1. The van der Waals surface area contributed by atoms with Crippen molar-refractivity contribution < 1.29 is 14.4 Å². The molecule has 0 bridgehead atoms. The van der Waals surface area contributed by atoms with Crippen molar-refractivity contribution in [2.24, 2.45) is 0 Å². The summed E-state index contributed by atoms with van der Waals surface area (Å²) in [5, 5.41) is 13.5. The minimum Gasteiger partial charge on any atom is -0.477 e. The van der Waals surface area contributed by atoms with Gasteiger partial charge in [0.1, 0.15) is 5.56 Å². The lowest BCUT2D eigenvalue weighted by Gasteiger charge is -1.95. The number of hydrogen-bond donors (Lipinski definition) is 2. The predicted molar refractivity (Wildman–Crippen MR) is 60.8 cm³/mol. The molecule has 0 spiro atoms. The van der Waals surface area contributed by atoms with E-state index in [1.807, 2.05) is 24.3 Å². The number of aromatic nitrogens is 2. The van der Waals surface area contributed by atoms with Gasteiger partial charge in [0, 0.05) is 22.7 Å². The third kappa shape index (κ3) is 1.40. The molecule has 5 heteroatoms. The largest absolute Gasteiger partial charge is 0.477 e. The van der Waals surface area contributed by atoms with Crippen molar-refractivity contribution in [3.63, 3.8) is 0 Å². The van der Waals surface area contributed by atoms with Crippen LogP contribution in [-0.4, -0.2) is 21.2 Å². The van der Waals surface area contributed by atoms with E-state index >= 15 is 0 Å². The summed E-state index contributed by atoms with van der Waals surface area (Å²) >= 11 is 0. The standard InChI is InChI=1S/C12H8N2O3/c15-12(16)9-6-14-17-11(9)8-5-13-10-4-2-1-3-7(8)10/h1-6,13H,(H,15,16).